The van der Waals surface area contributed by atoms with Gasteiger partial charge in [-0.1, -0.05) is 11.3 Å². The van der Waals surface area contributed by atoms with E-state index >= 15 is 0 Å². The average molecular weight is 613 g/mol. The number of anilines is 1. The van der Waals surface area contributed by atoms with Crippen LogP contribution in [0.1, 0.15) is 39.6 Å². The minimum absolute atomic E-state index is 0.163. The Labute approximate surface area is 241 Å². The standard InChI is InChI=1S/C25H32N4O12S/c1-14(30)37-13-21-22(38-15(2)31)23(39-16(3)32)24(40-17(4)33)25(41-21)28-11-18(26-27-28)12-29(42(6,34)35)19-8-7-9-20(10-19)36-5/h7-11,21-25H,12-13H2,1-6H3/t21-,22-,23+,24-,25-/m1/s1. The smallest absolute Gasteiger partial charge is 0.303 e. The number of ether oxygens (including phenoxy) is 6. The fourth-order valence-corrected chi connectivity index (χ4v) is 5.10. The van der Waals surface area contributed by atoms with Crippen molar-refractivity contribution in [2.45, 2.75) is 64.9 Å². The first kappa shape index (κ1) is 32.3. The van der Waals surface area contributed by atoms with E-state index in [-0.39, 0.29) is 12.2 Å². The number of methoxy groups -OCH3 is 1. The van der Waals surface area contributed by atoms with Gasteiger partial charge >= 0.3 is 23.9 Å². The maximum Gasteiger partial charge on any atom is 0.303 e. The summed E-state index contributed by atoms with van der Waals surface area (Å²) >= 11 is 0. The van der Waals surface area contributed by atoms with E-state index in [9.17, 15) is 27.6 Å². The zero-order chi connectivity index (χ0) is 31.2. The van der Waals surface area contributed by atoms with Gasteiger partial charge in [-0.15, -0.1) is 5.10 Å². The zero-order valence-electron chi connectivity index (χ0n) is 23.8. The largest absolute Gasteiger partial charge is 0.497 e. The second-order valence-electron chi connectivity index (χ2n) is 9.25. The lowest BCUT2D eigenvalue weighted by atomic mass is 9.97. The predicted molar refractivity (Wildman–Crippen MR) is 141 cm³/mol. The van der Waals surface area contributed by atoms with Crippen LogP contribution in [-0.4, -0.2) is 91.7 Å². The Morgan fingerprint density at radius 3 is 2.14 bits per heavy atom. The molecule has 42 heavy (non-hydrogen) atoms. The molecule has 1 aliphatic rings. The number of hydrogen-bond acceptors (Lipinski definition) is 14. The van der Waals surface area contributed by atoms with E-state index in [4.69, 9.17) is 28.4 Å². The van der Waals surface area contributed by atoms with E-state index in [1.807, 2.05) is 0 Å². The second kappa shape index (κ2) is 13.6. The Bertz CT molecular complexity index is 1410. The van der Waals surface area contributed by atoms with Gasteiger partial charge in [-0.2, -0.15) is 0 Å². The molecule has 17 heteroatoms. The monoisotopic (exact) mass is 612 g/mol. The molecule has 0 radical (unpaired) electrons. The number of nitrogens with zero attached hydrogens (tertiary/aromatic N) is 4. The molecule has 5 atom stereocenters. The van der Waals surface area contributed by atoms with E-state index in [0.717, 1.165) is 42.9 Å². The molecular formula is C25H32N4O12S. The molecule has 0 aliphatic carbocycles. The molecule has 2 heterocycles. The molecule has 1 saturated heterocycles. The Balaban J connectivity index is 2.03. The number of aromatic nitrogens is 3. The van der Waals surface area contributed by atoms with Crippen LogP contribution in [-0.2, 0) is 59.4 Å². The van der Waals surface area contributed by atoms with Crippen molar-refractivity contribution < 1.29 is 56.0 Å². The van der Waals surface area contributed by atoms with Crippen LogP contribution in [0.15, 0.2) is 30.5 Å². The summed E-state index contributed by atoms with van der Waals surface area (Å²) in [5.41, 5.74) is 0.467. The molecular weight excluding hydrogens is 580 g/mol. The van der Waals surface area contributed by atoms with Gasteiger partial charge in [-0.25, -0.2) is 13.1 Å². The highest BCUT2D eigenvalue weighted by Crippen LogP contribution is 2.34. The number of benzene rings is 1. The summed E-state index contributed by atoms with van der Waals surface area (Å²) < 4.78 is 60.1. The molecule has 1 aromatic heterocycles. The molecule has 1 fully saturated rings. The molecule has 3 rings (SSSR count). The summed E-state index contributed by atoms with van der Waals surface area (Å²) in [7, 11) is -2.36. The van der Waals surface area contributed by atoms with E-state index in [2.05, 4.69) is 10.3 Å². The normalized spacial score (nSPS) is 22.0. The third kappa shape index (κ3) is 8.39. The number of esters is 4. The first-order valence-corrected chi connectivity index (χ1v) is 14.4. The van der Waals surface area contributed by atoms with Crippen molar-refractivity contribution in [3.8, 4) is 5.75 Å². The highest BCUT2D eigenvalue weighted by atomic mass is 32.2. The third-order valence-corrected chi connectivity index (χ3v) is 6.97. The molecule has 2 aromatic rings. The molecule has 0 spiro atoms. The van der Waals surface area contributed by atoms with E-state index in [0.29, 0.717) is 11.4 Å². The van der Waals surface area contributed by atoms with Crippen LogP contribution in [0.3, 0.4) is 0 Å². The van der Waals surface area contributed by atoms with Crippen LogP contribution in [0.5, 0.6) is 5.75 Å². The summed E-state index contributed by atoms with van der Waals surface area (Å²) in [5.74, 6) is -2.57. The number of sulfonamides is 1. The number of carbonyl (C=O) groups is 4. The lowest BCUT2D eigenvalue weighted by molar-refractivity contribution is -0.270. The zero-order valence-corrected chi connectivity index (χ0v) is 24.6. The summed E-state index contributed by atoms with van der Waals surface area (Å²) in [6, 6.07) is 6.39. The topological polar surface area (TPSA) is 192 Å². The average Bonchev–Trinajstić information content (AvgIpc) is 3.35. The van der Waals surface area contributed by atoms with Crippen LogP contribution in [0.2, 0.25) is 0 Å². The van der Waals surface area contributed by atoms with Crippen LogP contribution in [0.25, 0.3) is 0 Å². The third-order valence-electron chi connectivity index (χ3n) is 5.83. The minimum Gasteiger partial charge on any atom is -0.497 e. The van der Waals surface area contributed by atoms with Gasteiger partial charge in [-0.05, 0) is 12.1 Å². The van der Waals surface area contributed by atoms with E-state index in [1.54, 1.807) is 18.2 Å². The first-order valence-electron chi connectivity index (χ1n) is 12.5. The van der Waals surface area contributed by atoms with Gasteiger partial charge in [0.1, 0.15) is 24.2 Å². The summed E-state index contributed by atoms with van der Waals surface area (Å²) in [6.45, 7) is 3.81. The van der Waals surface area contributed by atoms with Crippen molar-refractivity contribution in [2.24, 2.45) is 0 Å². The Hall–Kier alpha value is -4.25. The lowest BCUT2D eigenvalue weighted by Gasteiger charge is -2.44. The fourth-order valence-electron chi connectivity index (χ4n) is 4.24. The second-order valence-corrected chi connectivity index (χ2v) is 11.2. The molecule has 0 saturated carbocycles. The number of rotatable bonds is 11. The summed E-state index contributed by atoms with van der Waals surface area (Å²) in [4.78, 5) is 47.6. The first-order chi connectivity index (χ1) is 19.7. The van der Waals surface area contributed by atoms with Crippen molar-refractivity contribution >= 4 is 39.6 Å². The van der Waals surface area contributed by atoms with Gasteiger partial charge in [0.15, 0.2) is 24.5 Å². The predicted octanol–water partition coefficient (Wildman–Crippen LogP) is 0.509. The number of hydrogen-bond donors (Lipinski definition) is 0. The van der Waals surface area contributed by atoms with Crippen LogP contribution in [0.4, 0.5) is 5.69 Å². The van der Waals surface area contributed by atoms with Crippen LogP contribution >= 0.6 is 0 Å². The highest BCUT2D eigenvalue weighted by Gasteiger charge is 2.53. The molecule has 0 amide bonds. The minimum atomic E-state index is -3.80. The van der Waals surface area contributed by atoms with E-state index < -0.39 is 71.2 Å². The molecule has 0 bridgehead atoms. The molecule has 1 aromatic carbocycles. The van der Waals surface area contributed by atoms with Crippen molar-refractivity contribution in [1.29, 1.82) is 0 Å². The summed E-state index contributed by atoms with van der Waals surface area (Å²) in [6.07, 6.45) is -4.33. The van der Waals surface area contributed by atoms with Crippen molar-refractivity contribution in [1.82, 2.24) is 15.0 Å². The van der Waals surface area contributed by atoms with Gasteiger partial charge in [0.2, 0.25) is 10.0 Å². The Kier molecular flexibility index (Phi) is 10.5. The Morgan fingerprint density at radius 2 is 1.57 bits per heavy atom. The quantitative estimate of drug-likeness (QED) is 0.252. The van der Waals surface area contributed by atoms with Crippen LogP contribution < -0.4 is 9.04 Å². The molecule has 0 unspecified atom stereocenters. The van der Waals surface area contributed by atoms with Gasteiger partial charge < -0.3 is 28.4 Å². The number of carbonyl (C=O) groups excluding carboxylic acids is 4. The van der Waals surface area contributed by atoms with Gasteiger partial charge in [0.05, 0.1) is 31.8 Å². The SMILES string of the molecule is COc1cccc(N(Cc2cn([C@@H]3O[C@H](COC(C)=O)[C@@H](OC(C)=O)[C@H](OC(C)=O)[C@H]3OC(C)=O)nn2)S(C)(=O)=O)c1. The molecule has 230 valence electrons. The fraction of sp³-hybridized carbons (Fsp3) is 0.520. The maximum absolute atomic E-state index is 12.7. The molecule has 16 nitrogen and oxygen atoms in total. The lowest BCUT2D eigenvalue weighted by Crippen LogP contribution is -2.60. The van der Waals surface area contributed by atoms with Gasteiger partial charge in [0.25, 0.3) is 0 Å². The van der Waals surface area contributed by atoms with E-state index in [1.165, 1.54) is 19.4 Å². The van der Waals surface area contributed by atoms with Crippen molar-refractivity contribution in [3.05, 3.63) is 36.2 Å². The van der Waals surface area contributed by atoms with Crippen LogP contribution in [0, 0.1) is 0 Å². The molecule has 1 aliphatic heterocycles. The summed E-state index contributed by atoms with van der Waals surface area (Å²) in [5, 5.41) is 8.09. The highest BCUT2D eigenvalue weighted by molar-refractivity contribution is 7.92. The van der Waals surface area contributed by atoms with Crippen molar-refractivity contribution in [2.75, 3.05) is 24.3 Å². The van der Waals surface area contributed by atoms with Gasteiger partial charge in [-0.3, -0.25) is 23.5 Å². The van der Waals surface area contributed by atoms with Crippen molar-refractivity contribution in [3.63, 3.8) is 0 Å². The molecule has 0 N–H and O–H groups in total. The van der Waals surface area contributed by atoms with Gasteiger partial charge in [0, 0.05) is 33.8 Å². The Morgan fingerprint density at radius 1 is 0.952 bits per heavy atom. The maximum atomic E-state index is 12.7.